The minimum atomic E-state index is 0.183. The second-order valence-electron chi connectivity index (χ2n) is 3.84. The van der Waals surface area contributed by atoms with Crippen molar-refractivity contribution in [3.63, 3.8) is 0 Å². The van der Waals surface area contributed by atoms with E-state index in [2.05, 4.69) is 33.1 Å². The molecule has 1 unspecified atom stereocenters. The minimum absolute atomic E-state index is 0.183. The number of nitrogens with zero attached hydrogens (tertiary/aromatic N) is 1. The molecular weight excluding hydrogens is 268 g/mol. The monoisotopic (exact) mass is 282 g/mol. The molecular formula is C12H15BrN2O. The molecule has 0 radical (unpaired) electrons. The number of aliphatic imine (C=N–C) groups is 1. The van der Waals surface area contributed by atoms with Crippen molar-refractivity contribution in [2.24, 2.45) is 10.7 Å². The van der Waals surface area contributed by atoms with Gasteiger partial charge in [0, 0.05) is 23.9 Å². The van der Waals surface area contributed by atoms with Gasteiger partial charge in [-0.05, 0) is 17.7 Å². The number of rotatable bonds is 4. The summed E-state index contributed by atoms with van der Waals surface area (Å²) in [4.78, 5) is 4.33. The third kappa shape index (κ3) is 3.06. The summed E-state index contributed by atoms with van der Waals surface area (Å²) < 4.78 is 6.79. The Morgan fingerprint density at radius 1 is 1.38 bits per heavy atom. The van der Waals surface area contributed by atoms with Gasteiger partial charge in [0.1, 0.15) is 6.10 Å². The van der Waals surface area contributed by atoms with Crippen LogP contribution in [-0.4, -0.2) is 25.1 Å². The highest BCUT2D eigenvalue weighted by Gasteiger charge is 2.19. The standard InChI is InChI=1S/C12H15BrN2O/c13-10-3-1-9(2-4-10)7-11-8-15-12(16-11)5-6-14/h1-4,11H,5-8,14H2. The molecule has 1 aliphatic rings. The average molecular weight is 283 g/mol. The molecule has 0 aliphatic carbocycles. The molecule has 1 atom stereocenters. The van der Waals surface area contributed by atoms with Crippen LogP contribution in [0.4, 0.5) is 0 Å². The van der Waals surface area contributed by atoms with Gasteiger partial charge in [-0.15, -0.1) is 0 Å². The lowest BCUT2D eigenvalue weighted by Crippen LogP contribution is -2.17. The number of nitrogens with two attached hydrogens (primary N) is 1. The minimum Gasteiger partial charge on any atom is -0.475 e. The van der Waals surface area contributed by atoms with E-state index in [9.17, 15) is 0 Å². The predicted molar refractivity (Wildman–Crippen MR) is 68.7 cm³/mol. The molecule has 0 bridgehead atoms. The molecule has 0 amide bonds. The van der Waals surface area contributed by atoms with Crippen LogP contribution in [0, 0.1) is 0 Å². The molecule has 86 valence electrons. The van der Waals surface area contributed by atoms with Crippen LogP contribution in [0.5, 0.6) is 0 Å². The first-order valence-electron chi connectivity index (χ1n) is 5.42. The van der Waals surface area contributed by atoms with Crippen LogP contribution in [-0.2, 0) is 11.2 Å². The largest absolute Gasteiger partial charge is 0.475 e. The van der Waals surface area contributed by atoms with Gasteiger partial charge in [0.15, 0.2) is 5.90 Å². The third-order valence-corrected chi connectivity index (χ3v) is 3.04. The second kappa shape index (κ2) is 5.46. The highest BCUT2D eigenvalue weighted by molar-refractivity contribution is 9.10. The third-order valence-electron chi connectivity index (χ3n) is 2.51. The molecule has 1 aromatic carbocycles. The first kappa shape index (κ1) is 11.6. The fourth-order valence-corrected chi connectivity index (χ4v) is 1.99. The number of hydrogen-bond donors (Lipinski definition) is 1. The molecule has 0 aromatic heterocycles. The van der Waals surface area contributed by atoms with Gasteiger partial charge in [0.2, 0.25) is 0 Å². The predicted octanol–water partition coefficient (Wildman–Crippen LogP) is 2.14. The Bertz CT molecular complexity index is 375. The highest BCUT2D eigenvalue weighted by atomic mass is 79.9. The molecule has 1 heterocycles. The van der Waals surface area contributed by atoms with E-state index in [1.807, 2.05) is 12.1 Å². The van der Waals surface area contributed by atoms with Crippen LogP contribution in [0.15, 0.2) is 33.7 Å². The fourth-order valence-electron chi connectivity index (χ4n) is 1.72. The summed E-state index contributed by atoms with van der Waals surface area (Å²) in [7, 11) is 0. The summed E-state index contributed by atoms with van der Waals surface area (Å²) in [5.74, 6) is 0.810. The zero-order valence-corrected chi connectivity index (χ0v) is 10.6. The van der Waals surface area contributed by atoms with Crippen molar-refractivity contribution in [2.45, 2.75) is 18.9 Å². The Balaban J connectivity index is 1.86. The Hall–Kier alpha value is -0.870. The zero-order valence-electron chi connectivity index (χ0n) is 9.03. The Labute approximate surface area is 104 Å². The molecule has 0 saturated carbocycles. The van der Waals surface area contributed by atoms with E-state index in [4.69, 9.17) is 10.5 Å². The molecule has 1 aromatic rings. The maximum Gasteiger partial charge on any atom is 0.185 e. The second-order valence-corrected chi connectivity index (χ2v) is 4.76. The molecule has 2 rings (SSSR count). The van der Waals surface area contributed by atoms with Crippen LogP contribution in [0.3, 0.4) is 0 Å². The summed E-state index contributed by atoms with van der Waals surface area (Å²) >= 11 is 3.42. The molecule has 2 N–H and O–H groups in total. The van der Waals surface area contributed by atoms with Gasteiger partial charge in [-0.3, -0.25) is 4.99 Å². The Morgan fingerprint density at radius 2 is 2.12 bits per heavy atom. The van der Waals surface area contributed by atoms with Crippen molar-refractivity contribution in [1.29, 1.82) is 0 Å². The van der Waals surface area contributed by atoms with Crippen molar-refractivity contribution in [3.8, 4) is 0 Å². The van der Waals surface area contributed by atoms with Crippen molar-refractivity contribution in [2.75, 3.05) is 13.1 Å². The molecule has 1 aliphatic heterocycles. The van der Waals surface area contributed by atoms with Gasteiger partial charge in [0.25, 0.3) is 0 Å². The maximum absolute atomic E-state index is 5.69. The lowest BCUT2D eigenvalue weighted by atomic mass is 10.1. The van der Waals surface area contributed by atoms with Gasteiger partial charge in [-0.1, -0.05) is 28.1 Å². The topological polar surface area (TPSA) is 47.6 Å². The van der Waals surface area contributed by atoms with Crippen molar-refractivity contribution in [1.82, 2.24) is 0 Å². The van der Waals surface area contributed by atoms with Crippen LogP contribution >= 0.6 is 15.9 Å². The van der Waals surface area contributed by atoms with Gasteiger partial charge in [-0.25, -0.2) is 0 Å². The summed E-state index contributed by atoms with van der Waals surface area (Å²) in [6.07, 6.45) is 1.84. The number of halogens is 1. The summed E-state index contributed by atoms with van der Waals surface area (Å²) in [5.41, 5.74) is 6.73. The quantitative estimate of drug-likeness (QED) is 0.920. The lowest BCUT2D eigenvalue weighted by Gasteiger charge is -2.11. The van der Waals surface area contributed by atoms with E-state index >= 15 is 0 Å². The van der Waals surface area contributed by atoms with E-state index < -0.39 is 0 Å². The first-order valence-corrected chi connectivity index (χ1v) is 6.21. The van der Waals surface area contributed by atoms with Crippen molar-refractivity contribution in [3.05, 3.63) is 34.3 Å². The van der Waals surface area contributed by atoms with Crippen LogP contribution < -0.4 is 5.73 Å². The van der Waals surface area contributed by atoms with Gasteiger partial charge in [-0.2, -0.15) is 0 Å². The van der Waals surface area contributed by atoms with E-state index in [0.29, 0.717) is 6.54 Å². The average Bonchev–Trinajstić information content (AvgIpc) is 2.70. The Kier molecular flexibility index (Phi) is 3.96. The Morgan fingerprint density at radius 3 is 2.81 bits per heavy atom. The van der Waals surface area contributed by atoms with Crippen LogP contribution in [0.25, 0.3) is 0 Å². The molecule has 0 spiro atoms. The molecule has 4 heteroatoms. The van der Waals surface area contributed by atoms with Gasteiger partial charge < -0.3 is 10.5 Å². The maximum atomic E-state index is 5.69. The first-order chi connectivity index (χ1) is 7.78. The van der Waals surface area contributed by atoms with Gasteiger partial charge >= 0.3 is 0 Å². The molecule has 0 fully saturated rings. The number of benzene rings is 1. The van der Waals surface area contributed by atoms with Crippen LogP contribution in [0.2, 0.25) is 0 Å². The molecule has 0 saturated heterocycles. The number of hydrogen-bond acceptors (Lipinski definition) is 3. The van der Waals surface area contributed by atoms with Gasteiger partial charge in [0.05, 0.1) is 6.54 Å². The van der Waals surface area contributed by atoms with E-state index in [1.165, 1.54) is 5.56 Å². The summed E-state index contributed by atoms with van der Waals surface area (Å²) in [6, 6.07) is 8.31. The van der Waals surface area contributed by atoms with Crippen molar-refractivity contribution < 1.29 is 4.74 Å². The fraction of sp³-hybridized carbons (Fsp3) is 0.417. The summed E-state index contributed by atoms with van der Waals surface area (Å²) in [6.45, 7) is 1.36. The zero-order chi connectivity index (χ0) is 11.4. The normalized spacial score (nSPS) is 19.4. The SMILES string of the molecule is NCCC1=NCC(Cc2ccc(Br)cc2)O1. The van der Waals surface area contributed by atoms with Crippen LogP contribution in [0.1, 0.15) is 12.0 Å². The highest BCUT2D eigenvalue weighted by Crippen LogP contribution is 2.15. The van der Waals surface area contributed by atoms with E-state index in [0.717, 1.165) is 29.8 Å². The van der Waals surface area contributed by atoms with E-state index in [1.54, 1.807) is 0 Å². The summed E-state index contributed by atoms with van der Waals surface area (Å²) in [5, 5.41) is 0. The molecule has 16 heavy (non-hydrogen) atoms. The molecule has 3 nitrogen and oxygen atoms in total. The van der Waals surface area contributed by atoms with Crippen molar-refractivity contribution >= 4 is 21.8 Å². The lowest BCUT2D eigenvalue weighted by molar-refractivity contribution is 0.219. The smallest absolute Gasteiger partial charge is 0.185 e. The van der Waals surface area contributed by atoms with E-state index in [-0.39, 0.29) is 6.10 Å². The number of ether oxygens (including phenoxy) is 1.